The van der Waals surface area contributed by atoms with E-state index in [2.05, 4.69) is 0 Å². The van der Waals surface area contributed by atoms with Gasteiger partial charge < -0.3 is 0 Å². The molecular formula is C18H17F3Ra. The van der Waals surface area contributed by atoms with Gasteiger partial charge in [0.2, 0.25) is 0 Å². The number of hydrogen-bond donors (Lipinski definition) is 0. The van der Waals surface area contributed by atoms with Gasteiger partial charge in [-0.25, -0.2) is 4.39 Å². The van der Waals surface area contributed by atoms with E-state index < -0.39 is 11.6 Å². The van der Waals surface area contributed by atoms with Gasteiger partial charge in [-0.2, -0.15) is 0 Å². The Morgan fingerprint density at radius 1 is 0.773 bits per heavy atom. The van der Waals surface area contributed by atoms with Gasteiger partial charge in [-0.3, -0.25) is 0 Å². The fraction of sp³-hybridized carbons (Fsp3) is 0.333. The monoisotopic (exact) mass is 516 g/mol. The molecule has 0 atom stereocenters. The van der Waals surface area contributed by atoms with Gasteiger partial charge in [-0.05, 0) is 0 Å². The Morgan fingerprint density at radius 3 is 2.14 bits per heavy atom. The summed E-state index contributed by atoms with van der Waals surface area (Å²) in [5.41, 5.74) is 1.73. The van der Waals surface area contributed by atoms with E-state index in [0.29, 0.717) is 59.8 Å². The van der Waals surface area contributed by atoms with Crippen LogP contribution in [0.4, 0.5) is 13.2 Å². The molecule has 1 fully saturated rings. The SMILES string of the molecule is Fc1ccc(-c2ccc(C3CC[CH]([RaH])CC3)cc2F)cc1F. The number of halogens is 3. The van der Waals surface area contributed by atoms with E-state index >= 15 is 0 Å². The predicted molar refractivity (Wildman–Crippen MR) is 78.1 cm³/mol. The molecule has 3 rings (SSSR count). The third-order valence-electron chi connectivity index (χ3n) is 4.71. The van der Waals surface area contributed by atoms with Crippen LogP contribution in [0, 0.1) is 60.2 Å². The minimum absolute atomic E-state index is 0.323. The van der Waals surface area contributed by atoms with E-state index in [1.807, 2.05) is 6.07 Å². The van der Waals surface area contributed by atoms with Gasteiger partial charge >= 0.3 is 155 Å². The Hall–Kier alpha value is -0.302. The number of hydrogen-bond acceptors (Lipinski definition) is 0. The first-order valence-electron chi connectivity index (χ1n) is 7.79. The first kappa shape index (κ1) is 16.6. The summed E-state index contributed by atoms with van der Waals surface area (Å²) in [5.74, 6) is -1.78. The topological polar surface area (TPSA) is 0 Å². The zero-order valence-electron chi connectivity index (χ0n) is 12.6. The fourth-order valence-corrected chi connectivity index (χ4v) is 6.02. The van der Waals surface area contributed by atoms with Crippen LogP contribution in [0.5, 0.6) is 0 Å². The average molecular weight is 516 g/mol. The van der Waals surface area contributed by atoms with Crippen molar-refractivity contribution in [2.24, 2.45) is 0 Å². The van der Waals surface area contributed by atoms with Crippen LogP contribution in [0.2, 0.25) is 0.959 Å². The minimum atomic E-state index is -0.950. The molecule has 0 unspecified atom stereocenters. The summed E-state index contributed by atoms with van der Waals surface area (Å²) < 4.78 is 41.7. The summed E-state index contributed by atoms with van der Waals surface area (Å²) in [6, 6.07) is 8.69. The number of rotatable bonds is 2. The van der Waals surface area contributed by atoms with Crippen molar-refractivity contribution in [3.8, 4) is 11.1 Å². The standard InChI is InChI=1S/C18H16F3.Ra.H/c19-16-9-7-14(11-18(16)21)15-8-6-13(10-17(15)20)12-4-2-1-3-5-12;;/h1,6-12H,2-5H2;;. The van der Waals surface area contributed by atoms with Crippen molar-refractivity contribution in [1.29, 1.82) is 0 Å². The molecule has 0 aliphatic heterocycles. The van der Waals surface area contributed by atoms with Crippen LogP contribution in [-0.4, -0.2) is 0 Å². The summed E-state index contributed by atoms with van der Waals surface area (Å²) in [6.45, 7) is 0. The summed E-state index contributed by atoms with van der Waals surface area (Å²) in [4.78, 5) is 0. The molecule has 0 radical (unpaired) electrons. The van der Waals surface area contributed by atoms with Crippen LogP contribution in [0.25, 0.3) is 11.1 Å². The van der Waals surface area contributed by atoms with Gasteiger partial charge in [-0.15, -0.1) is 0 Å². The average Bonchev–Trinajstić information content (AvgIpc) is 2.51. The quantitative estimate of drug-likeness (QED) is 0.495. The van der Waals surface area contributed by atoms with Gasteiger partial charge in [0.25, 0.3) is 0 Å². The van der Waals surface area contributed by atoms with E-state index in [9.17, 15) is 13.2 Å². The molecule has 1 aliphatic rings. The number of benzene rings is 2. The molecule has 1 saturated carbocycles. The van der Waals surface area contributed by atoms with Gasteiger partial charge in [0.15, 0.2) is 0 Å². The van der Waals surface area contributed by atoms with E-state index in [4.69, 9.17) is 0 Å². The van der Waals surface area contributed by atoms with Gasteiger partial charge in [0, 0.05) is 0 Å². The zero-order valence-corrected chi connectivity index (χ0v) is 20.8. The van der Waals surface area contributed by atoms with Crippen LogP contribution in [0.1, 0.15) is 37.2 Å². The van der Waals surface area contributed by atoms with Gasteiger partial charge in [-0.1, -0.05) is 0 Å². The van der Waals surface area contributed by atoms with Crippen molar-refractivity contribution in [3.05, 3.63) is 59.4 Å². The van der Waals surface area contributed by atoms with E-state index in [0.717, 1.165) is 31.5 Å². The Labute approximate surface area is 157 Å². The summed E-state index contributed by atoms with van der Waals surface area (Å²) in [5, 5.41) is 0. The Bertz CT molecular complexity index is 676. The van der Waals surface area contributed by atoms with Gasteiger partial charge in [0.1, 0.15) is 0 Å². The molecule has 0 N–H and O–H groups in total. The molecule has 0 amide bonds. The van der Waals surface area contributed by atoms with Crippen LogP contribution >= 0.6 is 0 Å². The molecule has 0 spiro atoms. The second kappa shape index (κ2) is 7.07. The third-order valence-corrected chi connectivity index (χ3v) is 9.46. The molecule has 2 aromatic rings. The van der Waals surface area contributed by atoms with E-state index in [-0.39, 0.29) is 5.82 Å². The second-order valence-corrected chi connectivity index (χ2v) is 13.0. The fourth-order valence-electron chi connectivity index (χ4n) is 3.28. The zero-order chi connectivity index (χ0) is 15.7. The van der Waals surface area contributed by atoms with Crippen molar-refractivity contribution < 1.29 is 56.0 Å². The van der Waals surface area contributed by atoms with Crippen molar-refractivity contribution in [2.75, 3.05) is 0 Å². The Balaban J connectivity index is 1.87. The van der Waals surface area contributed by atoms with Crippen molar-refractivity contribution >= 4 is 0 Å². The van der Waals surface area contributed by atoms with Crippen LogP contribution < -0.4 is 0 Å². The van der Waals surface area contributed by atoms with Crippen LogP contribution in [0.15, 0.2) is 36.4 Å². The summed E-state index contributed by atoms with van der Waals surface area (Å²) in [6.07, 6.45) is 4.85. The van der Waals surface area contributed by atoms with Crippen molar-refractivity contribution in [2.45, 2.75) is 32.6 Å². The molecule has 22 heavy (non-hydrogen) atoms. The molecule has 0 nitrogen and oxygen atoms in total. The Morgan fingerprint density at radius 2 is 1.50 bits per heavy atom. The molecule has 4 heteroatoms. The molecule has 0 saturated heterocycles. The molecule has 0 aromatic heterocycles. The maximum atomic E-state index is 14.4. The molecular weight excluding hydrogens is 499 g/mol. The first-order chi connectivity index (χ1) is 10.5. The summed E-state index contributed by atoms with van der Waals surface area (Å²) >= 11 is 0.582. The summed E-state index contributed by atoms with van der Waals surface area (Å²) in [7, 11) is 0. The van der Waals surface area contributed by atoms with Crippen molar-refractivity contribution in [1.82, 2.24) is 0 Å². The van der Waals surface area contributed by atoms with Crippen molar-refractivity contribution in [3.63, 3.8) is 0 Å². The van der Waals surface area contributed by atoms with E-state index in [1.165, 1.54) is 18.9 Å². The van der Waals surface area contributed by atoms with Crippen LogP contribution in [0.3, 0.4) is 0 Å². The molecule has 0 bridgehead atoms. The first-order valence-corrected chi connectivity index (χ1v) is 12.5. The third kappa shape index (κ3) is 3.61. The predicted octanol–water partition coefficient (Wildman–Crippen LogP) is 5.50. The molecule has 2 aromatic carbocycles. The van der Waals surface area contributed by atoms with E-state index in [1.54, 1.807) is 12.1 Å². The maximum absolute atomic E-state index is 14.4. The molecule has 112 valence electrons. The normalized spacial score (nSPS) is 21.7. The van der Waals surface area contributed by atoms with Crippen LogP contribution in [-0.2, 0) is 0 Å². The molecule has 0 heterocycles. The Kier molecular flexibility index (Phi) is 5.32. The second-order valence-electron chi connectivity index (χ2n) is 6.32. The molecule has 1 aliphatic carbocycles. The van der Waals surface area contributed by atoms with Gasteiger partial charge in [0.05, 0.1) is 0 Å².